The molecule has 2 aromatic heterocycles. The first-order chi connectivity index (χ1) is 16.6. The Kier molecular flexibility index (Phi) is 5.06. The van der Waals surface area contributed by atoms with Crippen LogP contribution in [0.15, 0.2) is 42.6 Å². The Bertz CT molecular complexity index is 1280. The molecule has 1 aliphatic heterocycles. The number of carbonyl (C=O) groups is 2. The van der Waals surface area contributed by atoms with Crippen LogP contribution >= 0.6 is 0 Å². The minimum atomic E-state index is -0.132. The van der Waals surface area contributed by atoms with E-state index < -0.39 is 0 Å². The highest BCUT2D eigenvalue weighted by Crippen LogP contribution is 2.58. The van der Waals surface area contributed by atoms with Crippen LogP contribution in [-0.2, 0) is 16.1 Å². The quantitative estimate of drug-likeness (QED) is 0.519. The van der Waals surface area contributed by atoms with Crippen molar-refractivity contribution in [3.8, 4) is 11.6 Å². The van der Waals surface area contributed by atoms with E-state index in [1.165, 1.54) is 0 Å². The molecule has 2 saturated carbocycles. The molecule has 0 bridgehead atoms. The number of anilines is 2. The molecule has 6 rings (SSSR count). The van der Waals surface area contributed by atoms with Gasteiger partial charge in [0.2, 0.25) is 11.8 Å². The molecule has 9 nitrogen and oxygen atoms in total. The molecule has 3 N–H and O–H groups in total. The van der Waals surface area contributed by atoms with E-state index in [9.17, 15) is 9.59 Å². The van der Waals surface area contributed by atoms with Gasteiger partial charge in [-0.15, -0.1) is 0 Å². The molecule has 0 spiro atoms. The topological polar surface area (TPSA) is 114 Å². The van der Waals surface area contributed by atoms with Crippen molar-refractivity contribution < 1.29 is 19.1 Å². The smallest absolute Gasteiger partial charge is 0.262 e. The molecule has 4 atom stereocenters. The van der Waals surface area contributed by atoms with Crippen molar-refractivity contribution >= 4 is 34.2 Å². The number of pyridine rings is 2. The van der Waals surface area contributed by atoms with E-state index in [-0.39, 0.29) is 24.3 Å². The summed E-state index contributed by atoms with van der Waals surface area (Å²) in [6, 6.07) is 11.6. The van der Waals surface area contributed by atoms with E-state index in [4.69, 9.17) is 9.47 Å². The van der Waals surface area contributed by atoms with Crippen molar-refractivity contribution in [3.63, 3.8) is 0 Å². The number of rotatable bonds is 6. The lowest BCUT2D eigenvalue weighted by Gasteiger charge is -2.20. The maximum absolute atomic E-state index is 13.0. The number of amides is 2. The Balaban J connectivity index is 1.04. The fraction of sp³-hybridized carbons (Fsp3) is 0.360. The number of ether oxygens (including phenoxy) is 2. The minimum absolute atomic E-state index is 0.0444. The number of fused-ring (bicyclic) bond motifs is 3. The summed E-state index contributed by atoms with van der Waals surface area (Å²) in [7, 11) is 1.57. The summed E-state index contributed by atoms with van der Waals surface area (Å²) in [6.07, 6.45) is 3.64. The Morgan fingerprint density at radius 3 is 2.88 bits per heavy atom. The van der Waals surface area contributed by atoms with Crippen molar-refractivity contribution in [1.29, 1.82) is 0 Å². The fourth-order valence-electron chi connectivity index (χ4n) is 5.34. The molecular weight excluding hydrogens is 434 g/mol. The Morgan fingerprint density at radius 2 is 2.06 bits per heavy atom. The second kappa shape index (κ2) is 8.25. The minimum Gasteiger partial charge on any atom is -0.482 e. The van der Waals surface area contributed by atoms with Gasteiger partial charge >= 0.3 is 0 Å². The number of benzene rings is 1. The number of nitrogens with zero attached hydrogens (tertiary/aromatic N) is 2. The zero-order valence-electron chi connectivity index (χ0n) is 18.7. The second-order valence-electron chi connectivity index (χ2n) is 9.14. The van der Waals surface area contributed by atoms with Gasteiger partial charge in [0, 0.05) is 30.8 Å². The van der Waals surface area contributed by atoms with Gasteiger partial charge in [-0.2, -0.15) is 0 Å². The number of nitrogens with one attached hydrogen (secondary N) is 3. The lowest BCUT2D eigenvalue weighted by atomic mass is 10.1. The normalized spacial score (nSPS) is 24.6. The average Bonchev–Trinajstić information content (AvgIpc) is 3.36. The molecule has 174 valence electrons. The van der Waals surface area contributed by atoms with Crippen LogP contribution in [0.1, 0.15) is 18.4 Å². The summed E-state index contributed by atoms with van der Waals surface area (Å²) < 4.78 is 10.6. The van der Waals surface area contributed by atoms with Gasteiger partial charge in [-0.25, -0.2) is 4.98 Å². The lowest BCUT2D eigenvalue weighted by molar-refractivity contribution is -0.119. The van der Waals surface area contributed by atoms with Crippen molar-refractivity contribution in [3.05, 3.63) is 48.2 Å². The van der Waals surface area contributed by atoms with Crippen molar-refractivity contribution in [1.82, 2.24) is 15.3 Å². The molecule has 3 aliphatic rings. The van der Waals surface area contributed by atoms with Crippen LogP contribution in [0, 0.1) is 17.8 Å². The second-order valence-corrected chi connectivity index (χ2v) is 9.14. The van der Waals surface area contributed by atoms with Gasteiger partial charge in [0.15, 0.2) is 6.61 Å². The van der Waals surface area contributed by atoms with Crippen LogP contribution in [-0.4, -0.2) is 41.5 Å². The molecule has 2 fully saturated rings. The summed E-state index contributed by atoms with van der Waals surface area (Å²) in [5.74, 6) is 1.97. The highest BCUT2D eigenvalue weighted by Gasteiger charge is 2.59. The summed E-state index contributed by atoms with van der Waals surface area (Å²) in [5, 5.41) is 9.52. The van der Waals surface area contributed by atoms with Crippen LogP contribution in [0.25, 0.3) is 11.0 Å². The van der Waals surface area contributed by atoms with Gasteiger partial charge in [0.25, 0.3) is 5.91 Å². The summed E-state index contributed by atoms with van der Waals surface area (Å²) in [5.41, 5.74) is 3.82. The molecule has 9 heteroatoms. The molecule has 2 aliphatic carbocycles. The van der Waals surface area contributed by atoms with E-state index in [0.717, 1.165) is 24.1 Å². The Morgan fingerprint density at radius 1 is 1.21 bits per heavy atom. The maximum atomic E-state index is 13.0. The third-order valence-electron chi connectivity index (χ3n) is 7.04. The summed E-state index contributed by atoms with van der Waals surface area (Å²) in [6.45, 7) is 0.771. The number of hydrogen-bond donors (Lipinski definition) is 3. The van der Waals surface area contributed by atoms with E-state index >= 15 is 0 Å². The monoisotopic (exact) mass is 459 g/mol. The molecule has 2 unspecified atom stereocenters. The number of aromatic nitrogens is 2. The first-order valence-corrected chi connectivity index (χ1v) is 11.5. The number of methoxy groups -OCH3 is 1. The molecule has 0 saturated heterocycles. The number of hydrogen-bond acceptors (Lipinski definition) is 7. The molecule has 1 aromatic carbocycles. The number of carbonyl (C=O) groups excluding carboxylic acids is 2. The van der Waals surface area contributed by atoms with E-state index in [1.807, 2.05) is 24.3 Å². The maximum Gasteiger partial charge on any atom is 0.262 e. The molecule has 0 radical (unpaired) electrons. The van der Waals surface area contributed by atoms with E-state index in [1.54, 1.807) is 25.4 Å². The van der Waals surface area contributed by atoms with Crippen molar-refractivity contribution in [2.75, 3.05) is 24.4 Å². The molecule has 3 aromatic rings. The van der Waals surface area contributed by atoms with Crippen LogP contribution in [0.5, 0.6) is 11.6 Å². The van der Waals surface area contributed by atoms with Gasteiger partial charge < -0.3 is 25.4 Å². The standard InChI is InChI=1S/C25H25N5O4/c1-33-22-5-3-17-24(30-22)18(6-7-26-17)29-25(32)23-15-9-14(10-16(15)23)27-11-13-2-4-20-19(8-13)28-21(31)12-34-20/h2-8,14-16,23,27H,9-12H2,1H3,(H,28,31)(H,26,29,32)/t14?,15-,16+,23?. The zero-order valence-corrected chi connectivity index (χ0v) is 18.7. The van der Waals surface area contributed by atoms with Gasteiger partial charge in [-0.3, -0.25) is 14.6 Å². The predicted octanol–water partition coefficient (Wildman–Crippen LogP) is 2.72. The highest BCUT2D eigenvalue weighted by molar-refractivity contribution is 6.01. The fourth-order valence-corrected chi connectivity index (χ4v) is 5.34. The van der Waals surface area contributed by atoms with Crippen molar-refractivity contribution in [2.45, 2.75) is 25.4 Å². The Labute approximate surface area is 196 Å². The van der Waals surface area contributed by atoms with Crippen LogP contribution in [0.3, 0.4) is 0 Å². The summed E-state index contributed by atoms with van der Waals surface area (Å²) >= 11 is 0. The van der Waals surface area contributed by atoms with Crippen LogP contribution in [0.2, 0.25) is 0 Å². The van der Waals surface area contributed by atoms with Gasteiger partial charge in [0.05, 0.1) is 24.0 Å². The lowest BCUT2D eigenvalue weighted by Crippen LogP contribution is -2.30. The van der Waals surface area contributed by atoms with E-state index in [2.05, 4.69) is 25.9 Å². The molecule has 2 amide bonds. The zero-order chi connectivity index (χ0) is 23.2. The van der Waals surface area contributed by atoms with Gasteiger partial charge in [-0.1, -0.05) is 6.07 Å². The first kappa shape index (κ1) is 20.9. The highest BCUT2D eigenvalue weighted by atomic mass is 16.5. The molecule has 34 heavy (non-hydrogen) atoms. The molecule has 3 heterocycles. The predicted molar refractivity (Wildman–Crippen MR) is 126 cm³/mol. The van der Waals surface area contributed by atoms with Gasteiger partial charge in [0.1, 0.15) is 11.3 Å². The van der Waals surface area contributed by atoms with Crippen LogP contribution < -0.4 is 25.4 Å². The molecular formula is C25H25N5O4. The summed E-state index contributed by atoms with van der Waals surface area (Å²) in [4.78, 5) is 33.3. The van der Waals surface area contributed by atoms with Crippen LogP contribution in [0.4, 0.5) is 11.4 Å². The third-order valence-corrected chi connectivity index (χ3v) is 7.04. The average molecular weight is 460 g/mol. The first-order valence-electron chi connectivity index (χ1n) is 11.5. The SMILES string of the molecule is COc1ccc2nccc(NC(=O)C3[C@H]4CC(NCc5ccc6c(c5)NC(=O)CO6)C[C@@H]34)c2n1. The van der Waals surface area contributed by atoms with Gasteiger partial charge in [-0.05, 0) is 54.5 Å². The van der Waals surface area contributed by atoms with Crippen molar-refractivity contribution in [2.24, 2.45) is 17.8 Å². The third kappa shape index (κ3) is 3.81. The van der Waals surface area contributed by atoms with E-state index in [0.29, 0.717) is 52.8 Å². The Hall–Kier alpha value is -3.72. The largest absolute Gasteiger partial charge is 0.482 e.